The highest BCUT2D eigenvalue weighted by molar-refractivity contribution is 6.30. The van der Waals surface area contributed by atoms with Crippen LogP contribution in [0.4, 0.5) is 5.82 Å². The average molecular weight is 616 g/mol. The summed E-state index contributed by atoms with van der Waals surface area (Å²) >= 11 is 6.17. The summed E-state index contributed by atoms with van der Waals surface area (Å²) in [7, 11) is 1.38. The number of hydrogen-bond donors (Lipinski definition) is 2. The number of carbonyl (C=O) groups is 4. The van der Waals surface area contributed by atoms with Crippen molar-refractivity contribution >= 4 is 41.1 Å². The highest BCUT2D eigenvalue weighted by Crippen LogP contribution is 2.31. The van der Waals surface area contributed by atoms with E-state index in [2.05, 4.69) is 20.5 Å². The Balaban J connectivity index is 1.03. The van der Waals surface area contributed by atoms with Crippen molar-refractivity contribution in [3.8, 4) is 11.1 Å². The number of nitrogens with zero attached hydrogens (tertiary/aromatic N) is 3. The van der Waals surface area contributed by atoms with Gasteiger partial charge in [0.05, 0.1) is 7.11 Å². The van der Waals surface area contributed by atoms with Crippen LogP contribution in [-0.4, -0.2) is 66.4 Å². The third-order valence-corrected chi connectivity index (χ3v) is 8.93. The summed E-state index contributed by atoms with van der Waals surface area (Å²) in [6.07, 6.45) is 4.26. The molecule has 3 aliphatic heterocycles. The molecule has 0 bridgehead atoms. The number of methoxy groups -OCH3 is 1. The standard InChI is InChI=1S/C33H34ClN5O5/c1-44-33(43)27-15-23(22-3-2-4-25(34)14-22)18-36-30(27)38-11-9-20(10-12-38)16-35-17-21-5-6-26-24(13-21)19-39(32(26)42)28-7-8-29(40)37-31(28)41/h2-6,13-15,18,20,28,35H,7-12,16-17,19H2,1H3,(H,37,40,41). The maximum Gasteiger partial charge on any atom is 0.341 e. The van der Waals surface area contributed by atoms with Gasteiger partial charge in [-0.3, -0.25) is 19.7 Å². The van der Waals surface area contributed by atoms with Crippen molar-refractivity contribution in [1.82, 2.24) is 20.5 Å². The van der Waals surface area contributed by atoms with E-state index in [1.54, 1.807) is 17.2 Å². The molecule has 3 aliphatic rings. The lowest BCUT2D eigenvalue weighted by atomic mass is 9.96. The molecule has 1 unspecified atom stereocenters. The summed E-state index contributed by atoms with van der Waals surface area (Å²) < 4.78 is 5.08. The number of amides is 3. The van der Waals surface area contributed by atoms with Gasteiger partial charge in [0.15, 0.2) is 0 Å². The molecule has 44 heavy (non-hydrogen) atoms. The van der Waals surface area contributed by atoms with Crippen molar-refractivity contribution in [2.45, 2.75) is 44.8 Å². The van der Waals surface area contributed by atoms with Crippen LogP contribution in [-0.2, 0) is 27.4 Å². The lowest BCUT2D eigenvalue weighted by molar-refractivity contribution is -0.136. The average Bonchev–Trinajstić information content (AvgIpc) is 3.35. The second-order valence-corrected chi connectivity index (χ2v) is 12.0. The van der Waals surface area contributed by atoms with Gasteiger partial charge in [0, 0.05) is 54.9 Å². The molecule has 6 rings (SSSR count). The fourth-order valence-electron chi connectivity index (χ4n) is 6.30. The minimum atomic E-state index is -0.611. The minimum Gasteiger partial charge on any atom is -0.465 e. The fourth-order valence-corrected chi connectivity index (χ4v) is 6.49. The van der Waals surface area contributed by atoms with Crippen LogP contribution in [0.1, 0.15) is 57.5 Å². The molecular formula is C33H34ClN5O5. The van der Waals surface area contributed by atoms with E-state index in [1.807, 2.05) is 42.5 Å². The van der Waals surface area contributed by atoms with E-state index in [4.69, 9.17) is 16.3 Å². The van der Waals surface area contributed by atoms with Gasteiger partial charge >= 0.3 is 5.97 Å². The molecule has 0 spiro atoms. The van der Waals surface area contributed by atoms with Crippen LogP contribution in [0.5, 0.6) is 0 Å². The van der Waals surface area contributed by atoms with Gasteiger partial charge in [-0.25, -0.2) is 9.78 Å². The summed E-state index contributed by atoms with van der Waals surface area (Å²) in [5.74, 6) is -0.172. The Morgan fingerprint density at radius 3 is 2.64 bits per heavy atom. The van der Waals surface area contributed by atoms with Gasteiger partial charge in [-0.15, -0.1) is 0 Å². The number of aromatic nitrogens is 1. The first-order chi connectivity index (χ1) is 21.3. The van der Waals surface area contributed by atoms with Crippen LogP contribution in [0.2, 0.25) is 5.02 Å². The van der Waals surface area contributed by atoms with Crippen molar-refractivity contribution in [2.75, 3.05) is 31.6 Å². The van der Waals surface area contributed by atoms with Gasteiger partial charge in [0.1, 0.15) is 17.4 Å². The number of imide groups is 1. The van der Waals surface area contributed by atoms with E-state index in [1.165, 1.54) is 7.11 Å². The van der Waals surface area contributed by atoms with Crippen LogP contribution >= 0.6 is 11.6 Å². The predicted octanol–water partition coefficient (Wildman–Crippen LogP) is 3.96. The lowest BCUT2D eigenvalue weighted by Crippen LogP contribution is -2.52. The quantitative estimate of drug-likeness (QED) is 0.289. The molecule has 0 aliphatic carbocycles. The molecule has 2 aromatic carbocycles. The third-order valence-electron chi connectivity index (χ3n) is 8.69. The molecule has 1 atom stereocenters. The van der Waals surface area contributed by atoms with Crippen molar-refractivity contribution < 1.29 is 23.9 Å². The van der Waals surface area contributed by atoms with E-state index >= 15 is 0 Å². The molecule has 2 N–H and O–H groups in total. The second-order valence-electron chi connectivity index (χ2n) is 11.5. The SMILES string of the molecule is COC(=O)c1cc(-c2cccc(Cl)c2)cnc1N1CCC(CNCc2ccc3c(c2)CN(C2CCC(=O)NC2=O)C3=O)CC1. The summed E-state index contributed by atoms with van der Waals surface area (Å²) in [4.78, 5) is 57.9. The first-order valence-corrected chi connectivity index (χ1v) is 15.2. The number of halogens is 1. The number of carbonyl (C=O) groups excluding carboxylic acids is 4. The van der Waals surface area contributed by atoms with Gasteiger partial charge in [-0.1, -0.05) is 35.9 Å². The second kappa shape index (κ2) is 12.8. The number of piperidine rings is 2. The number of esters is 1. The first kappa shape index (κ1) is 29.8. The Morgan fingerprint density at radius 2 is 1.89 bits per heavy atom. The normalized spacial score (nSPS) is 18.8. The van der Waals surface area contributed by atoms with Crippen LogP contribution in [0, 0.1) is 5.92 Å². The van der Waals surface area contributed by atoms with Crippen molar-refractivity contribution in [3.63, 3.8) is 0 Å². The molecule has 4 heterocycles. The van der Waals surface area contributed by atoms with Crippen molar-refractivity contribution in [3.05, 3.63) is 82.0 Å². The number of nitrogens with one attached hydrogen (secondary N) is 2. The Labute approximate surface area is 260 Å². The third kappa shape index (κ3) is 6.18. The monoisotopic (exact) mass is 615 g/mol. The molecule has 2 saturated heterocycles. The van der Waals surface area contributed by atoms with Gasteiger partial charge in [0.2, 0.25) is 11.8 Å². The maximum atomic E-state index is 13.0. The Bertz CT molecular complexity index is 1620. The van der Waals surface area contributed by atoms with Crippen LogP contribution in [0.25, 0.3) is 11.1 Å². The van der Waals surface area contributed by atoms with E-state index in [9.17, 15) is 19.2 Å². The summed E-state index contributed by atoms with van der Waals surface area (Å²) in [6, 6.07) is 14.5. The minimum absolute atomic E-state index is 0.162. The van der Waals surface area contributed by atoms with Crippen LogP contribution in [0.15, 0.2) is 54.7 Å². The zero-order chi connectivity index (χ0) is 30.8. The number of benzene rings is 2. The molecule has 0 saturated carbocycles. The van der Waals surface area contributed by atoms with Crippen molar-refractivity contribution in [1.29, 1.82) is 0 Å². The lowest BCUT2D eigenvalue weighted by Gasteiger charge is -2.33. The highest BCUT2D eigenvalue weighted by atomic mass is 35.5. The molecule has 2 fully saturated rings. The van der Waals surface area contributed by atoms with Gasteiger partial charge < -0.3 is 19.9 Å². The van der Waals surface area contributed by atoms with E-state index in [0.717, 1.165) is 54.7 Å². The number of hydrogen-bond acceptors (Lipinski definition) is 8. The Hall–Kier alpha value is -4.28. The van der Waals surface area contributed by atoms with Crippen LogP contribution < -0.4 is 15.5 Å². The Morgan fingerprint density at radius 1 is 1.07 bits per heavy atom. The van der Waals surface area contributed by atoms with Crippen LogP contribution in [0.3, 0.4) is 0 Å². The maximum absolute atomic E-state index is 13.0. The molecule has 1 aromatic heterocycles. The van der Waals surface area contributed by atoms with Gasteiger partial charge in [-0.2, -0.15) is 0 Å². The molecular weight excluding hydrogens is 582 g/mol. The first-order valence-electron chi connectivity index (χ1n) is 14.9. The number of pyridine rings is 1. The topological polar surface area (TPSA) is 121 Å². The zero-order valence-electron chi connectivity index (χ0n) is 24.5. The molecule has 0 radical (unpaired) electrons. The molecule has 3 aromatic rings. The number of rotatable bonds is 8. The summed E-state index contributed by atoms with van der Waals surface area (Å²) in [6.45, 7) is 3.43. The number of anilines is 1. The largest absolute Gasteiger partial charge is 0.465 e. The molecule has 3 amide bonds. The van der Waals surface area contributed by atoms with E-state index in [-0.39, 0.29) is 18.2 Å². The zero-order valence-corrected chi connectivity index (χ0v) is 25.2. The predicted molar refractivity (Wildman–Crippen MR) is 165 cm³/mol. The summed E-state index contributed by atoms with van der Waals surface area (Å²) in [5, 5.41) is 6.52. The van der Waals surface area contributed by atoms with E-state index in [0.29, 0.717) is 47.4 Å². The van der Waals surface area contributed by atoms with Crippen molar-refractivity contribution in [2.24, 2.45) is 5.92 Å². The summed E-state index contributed by atoms with van der Waals surface area (Å²) in [5.41, 5.74) is 4.72. The fraction of sp³-hybridized carbons (Fsp3) is 0.364. The molecule has 11 heteroatoms. The number of ether oxygens (including phenoxy) is 1. The smallest absolute Gasteiger partial charge is 0.341 e. The Kier molecular flexibility index (Phi) is 8.63. The van der Waals surface area contributed by atoms with Gasteiger partial charge in [0.25, 0.3) is 5.91 Å². The molecule has 228 valence electrons. The van der Waals surface area contributed by atoms with Gasteiger partial charge in [-0.05, 0) is 72.7 Å². The number of fused-ring (bicyclic) bond motifs is 1. The molecule has 10 nitrogen and oxygen atoms in total. The highest BCUT2D eigenvalue weighted by Gasteiger charge is 2.39. The van der Waals surface area contributed by atoms with E-state index < -0.39 is 17.9 Å².